The number of nitrogens with one attached hydrogen (secondary N) is 1. The van der Waals surface area contributed by atoms with Gasteiger partial charge in [-0.25, -0.2) is 4.68 Å². The molecule has 2 aromatic rings. The van der Waals surface area contributed by atoms with Crippen LogP contribution in [0.4, 0.5) is 5.69 Å². The molecule has 0 radical (unpaired) electrons. The number of aromatic nitrogens is 3. The van der Waals surface area contributed by atoms with Crippen LogP contribution in [-0.4, -0.2) is 37.5 Å². The number of hydrogen-bond acceptors (Lipinski definition) is 5. The number of carbonyl (C=O) groups is 2. The van der Waals surface area contributed by atoms with Gasteiger partial charge in [-0.15, -0.1) is 18.3 Å². The SMILES string of the molecule is C=CCSC(CC)C(=O)C(=O)Nc1cn(-c2cccnc2)nc1Cl. The summed E-state index contributed by atoms with van der Waals surface area (Å²) in [5.74, 6) is -0.586. The Morgan fingerprint density at radius 2 is 2.33 bits per heavy atom. The van der Waals surface area contributed by atoms with Crippen LogP contribution in [0.5, 0.6) is 0 Å². The second kappa shape index (κ2) is 8.65. The number of carbonyl (C=O) groups excluding carboxylic acids is 2. The maximum absolute atomic E-state index is 12.2. The van der Waals surface area contributed by atoms with Crippen LogP contribution in [0.1, 0.15) is 13.3 Å². The molecule has 8 heteroatoms. The molecule has 0 fully saturated rings. The van der Waals surface area contributed by atoms with E-state index >= 15 is 0 Å². The van der Waals surface area contributed by atoms with Crippen LogP contribution in [0.3, 0.4) is 0 Å². The summed E-state index contributed by atoms with van der Waals surface area (Å²) in [6.45, 7) is 5.48. The molecule has 0 spiro atoms. The van der Waals surface area contributed by atoms with Crippen molar-refractivity contribution in [1.29, 1.82) is 0 Å². The van der Waals surface area contributed by atoms with E-state index in [9.17, 15) is 9.59 Å². The zero-order valence-electron chi connectivity index (χ0n) is 13.1. The summed E-state index contributed by atoms with van der Waals surface area (Å²) in [6, 6.07) is 3.56. The number of nitrogens with zero attached hydrogens (tertiary/aromatic N) is 3. The average Bonchev–Trinajstić information content (AvgIpc) is 2.97. The first kappa shape index (κ1) is 18.2. The molecule has 0 aromatic carbocycles. The molecular formula is C16H17ClN4O2S. The smallest absolute Gasteiger partial charge is 0.293 e. The molecule has 2 heterocycles. The zero-order chi connectivity index (χ0) is 17.5. The van der Waals surface area contributed by atoms with Crippen LogP contribution < -0.4 is 5.32 Å². The second-order valence-electron chi connectivity index (χ2n) is 4.83. The fourth-order valence-electron chi connectivity index (χ4n) is 1.95. The standard InChI is InChI=1S/C16H17ClN4O2S/c1-3-8-24-13(4-2)14(22)16(23)19-12-10-21(20-15(12)17)11-6-5-7-18-9-11/h3,5-7,9-10,13H,1,4,8H2,2H3,(H,19,23). The Bertz CT molecular complexity index is 733. The number of halogens is 1. The van der Waals surface area contributed by atoms with Gasteiger partial charge in [-0.3, -0.25) is 14.6 Å². The van der Waals surface area contributed by atoms with Crippen molar-refractivity contribution in [3.63, 3.8) is 0 Å². The van der Waals surface area contributed by atoms with Gasteiger partial charge < -0.3 is 5.32 Å². The fraction of sp³-hybridized carbons (Fsp3) is 0.250. The van der Waals surface area contributed by atoms with Crippen molar-refractivity contribution in [2.75, 3.05) is 11.1 Å². The Balaban J connectivity index is 2.10. The van der Waals surface area contributed by atoms with Gasteiger partial charge in [0.25, 0.3) is 5.91 Å². The quantitative estimate of drug-likeness (QED) is 0.575. The Kier molecular flexibility index (Phi) is 6.57. The molecule has 0 aliphatic heterocycles. The summed E-state index contributed by atoms with van der Waals surface area (Å²) < 4.78 is 1.49. The van der Waals surface area contributed by atoms with E-state index in [-0.39, 0.29) is 10.8 Å². The molecule has 1 atom stereocenters. The predicted molar refractivity (Wildman–Crippen MR) is 96.7 cm³/mol. The first-order valence-electron chi connectivity index (χ1n) is 7.30. The highest BCUT2D eigenvalue weighted by Crippen LogP contribution is 2.22. The van der Waals surface area contributed by atoms with E-state index in [0.29, 0.717) is 17.9 Å². The third-order valence-electron chi connectivity index (χ3n) is 3.13. The van der Waals surface area contributed by atoms with Crippen LogP contribution >= 0.6 is 23.4 Å². The van der Waals surface area contributed by atoms with Crippen molar-refractivity contribution in [1.82, 2.24) is 14.8 Å². The highest BCUT2D eigenvalue weighted by Gasteiger charge is 2.25. The molecule has 1 amide bonds. The molecule has 0 saturated carbocycles. The molecule has 0 saturated heterocycles. The number of thioether (sulfide) groups is 1. The van der Waals surface area contributed by atoms with Gasteiger partial charge in [0.2, 0.25) is 5.78 Å². The lowest BCUT2D eigenvalue weighted by atomic mass is 10.2. The number of amides is 1. The Labute approximate surface area is 149 Å². The Hall–Kier alpha value is -2.12. The van der Waals surface area contributed by atoms with Gasteiger partial charge in [-0.2, -0.15) is 5.10 Å². The number of anilines is 1. The third-order valence-corrected chi connectivity index (χ3v) is 4.79. The van der Waals surface area contributed by atoms with Gasteiger partial charge in [0.05, 0.1) is 29.0 Å². The van der Waals surface area contributed by atoms with Gasteiger partial charge >= 0.3 is 0 Å². The van der Waals surface area contributed by atoms with E-state index in [1.807, 2.05) is 6.92 Å². The van der Waals surface area contributed by atoms with Crippen LogP contribution in [0.2, 0.25) is 5.15 Å². The van der Waals surface area contributed by atoms with Gasteiger partial charge in [-0.05, 0) is 18.6 Å². The van der Waals surface area contributed by atoms with E-state index in [4.69, 9.17) is 11.6 Å². The van der Waals surface area contributed by atoms with Crippen LogP contribution in [0, 0.1) is 0 Å². The van der Waals surface area contributed by atoms with E-state index in [0.717, 1.165) is 0 Å². The second-order valence-corrected chi connectivity index (χ2v) is 6.42. The summed E-state index contributed by atoms with van der Waals surface area (Å²) in [6.07, 6.45) is 7.06. The molecule has 6 nitrogen and oxygen atoms in total. The van der Waals surface area contributed by atoms with E-state index in [2.05, 4.69) is 22.0 Å². The molecule has 1 unspecified atom stereocenters. The topological polar surface area (TPSA) is 76.9 Å². The highest BCUT2D eigenvalue weighted by molar-refractivity contribution is 8.00. The Morgan fingerprint density at radius 1 is 1.54 bits per heavy atom. The molecule has 1 N–H and O–H groups in total. The lowest BCUT2D eigenvalue weighted by Crippen LogP contribution is -2.31. The molecule has 24 heavy (non-hydrogen) atoms. The lowest BCUT2D eigenvalue weighted by Gasteiger charge is -2.11. The predicted octanol–water partition coefficient (Wildman–Crippen LogP) is 3.13. The monoisotopic (exact) mass is 364 g/mol. The normalized spacial score (nSPS) is 11.8. The van der Waals surface area contributed by atoms with Crippen molar-refractivity contribution in [2.24, 2.45) is 0 Å². The minimum absolute atomic E-state index is 0.104. The van der Waals surface area contributed by atoms with Crippen molar-refractivity contribution in [3.05, 3.63) is 48.5 Å². The minimum Gasteiger partial charge on any atom is -0.315 e. The molecule has 0 aliphatic rings. The summed E-state index contributed by atoms with van der Waals surface area (Å²) in [7, 11) is 0. The maximum atomic E-state index is 12.2. The van der Waals surface area contributed by atoms with Crippen molar-refractivity contribution in [3.8, 4) is 5.69 Å². The number of rotatable bonds is 8. The average molecular weight is 365 g/mol. The maximum Gasteiger partial charge on any atom is 0.293 e. The number of ketones is 1. The molecule has 2 rings (SSSR count). The summed E-state index contributed by atoms with van der Waals surface area (Å²) in [4.78, 5) is 28.4. The van der Waals surface area contributed by atoms with E-state index < -0.39 is 16.9 Å². The fourth-order valence-corrected chi connectivity index (χ4v) is 2.99. The van der Waals surface area contributed by atoms with Crippen molar-refractivity contribution in [2.45, 2.75) is 18.6 Å². The largest absolute Gasteiger partial charge is 0.315 e. The van der Waals surface area contributed by atoms with Gasteiger partial charge in [0, 0.05) is 11.9 Å². The third kappa shape index (κ3) is 4.46. The lowest BCUT2D eigenvalue weighted by molar-refractivity contribution is -0.134. The highest BCUT2D eigenvalue weighted by atomic mass is 35.5. The first-order chi connectivity index (χ1) is 11.6. The number of pyridine rings is 1. The van der Waals surface area contributed by atoms with Crippen molar-refractivity contribution < 1.29 is 9.59 Å². The Morgan fingerprint density at radius 3 is 2.96 bits per heavy atom. The number of Topliss-reactive ketones (excluding diaryl/α,β-unsaturated/α-hetero) is 1. The van der Waals surface area contributed by atoms with Crippen molar-refractivity contribution >= 4 is 40.7 Å². The molecule has 126 valence electrons. The molecule has 2 aromatic heterocycles. The van der Waals surface area contributed by atoms with E-state index in [1.54, 1.807) is 36.8 Å². The summed E-state index contributed by atoms with van der Waals surface area (Å²) in [5, 5.41) is 6.33. The summed E-state index contributed by atoms with van der Waals surface area (Å²) in [5.41, 5.74) is 0.974. The van der Waals surface area contributed by atoms with E-state index in [1.165, 1.54) is 16.4 Å². The number of hydrogen-bond donors (Lipinski definition) is 1. The van der Waals surface area contributed by atoms with Gasteiger partial charge in [0.15, 0.2) is 5.15 Å². The minimum atomic E-state index is -0.703. The molecule has 0 bridgehead atoms. The summed E-state index contributed by atoms with van der Waals surface area (Å²) >= 11 is 7.43. The van der Waals surface area contributed by atoms with Gasteiger partial charge in [0.1, 0.15) is 0 Å². The van der Waals surface area contributed by atoms with Crippen LogP contribution in [-0.2, 0) is 9.59 Å². The van der Waals surface area contributed by atoms with Crippen LogP contribution in [0.15, 0.2) is 43.4 Å². The molecule has 0 aliphatic carbocycles. The van der Waals surface area contributed by atoms with Crippen LogP contribution in [0.25, 0.3) is 5.69 Å². The molecular weight excluding hydrogens is 348 g/mol. The zero-order valence-corrected chi connectivity index (χ0v) is 14.7. The first-order valence-corrected chi connectivity index (χ1v) is 8.72. The van der Waals surface area contributed by atoms with Gasteiger partial charge in [-0.1, -0.05) is 24.6 Å².